The number of benzene rings is 1. The maximum Gasteiger partial charge on any atom is 0.0534 e. The lowest BCUT2D eigenvalue weighted by Gasteiger charge is -2.15. The molecule has 0 aliphatic carbocycles. The van der Waals surface area contributed by atoms with Crippen LogP contribution < -0.4 is 5.32 Å². The topological polar surface area (TPSA) is 29.9 Å². The Morgan fingerprint density at radius 3 is 2.37 bits per heavy atom. The maximum absolute atomic E-state index is 4.19. The number of hydrogen-bond acceptors (Lipinski definition) is 2. The third-order valence-corrected chi connectivity index (χ3v) is 3.45. The van der Waals surface area contributed by atoms with Gasteiger partial charge in [0.2, 0.25) is 0 Å². The molecule has 1 N–H and O–H groups in total. The summed E-state index contributed by atoms with van der Waals surface area (Å²) in [6, 6.07) is 11.2. The van der Waals surface area contributed by atoms with E-state index in [-0.39, 0.29) is 0 Å². The second-order valence-corrected chi connectivity index (χ2v) is 5.27. The summed E-state index contributed by atoms with van der Waals surface area (Å²) < 4.78 is 1.95. The molecule has 0 saturated carbocycles. The first kappa shape index (κ1) is 13.8. The van der Waals surface area contributed by atoms with Gasteiger partial charge in [-0.15, -0.1) is 0 Å². The minimum absolute atomic E-state index is 0.372. The Balaban J connectivity index is 1.83. The molecular weight excluding hydrogens is 234 g/mol. The van der Waals surface area contributed by atoms with Crippen LogP contribution in [-0.4, -0.2) is 16.3 Å². The zero-order valence-electron chi connectivity index (χ0n) is 12.0. The van der Waals surface area contributed by atoms with Crippen molar-refractivity contribution in [1.82, 2.24) is 15.1 Å². The quantitative estimate of drug-likeness (QED) is 0.860. The number of rotatable bonds is 6. The average Bonchev–Trinajstić information content (AvgIpc) is 2.92. The number of nitrogens with zero attached hydrogens (tertiary/aromatic N) is 2. The zero-order chi connectivity index (χ0) is 13.7. The van der Waals surface area contributed by atoms with Gasteiger partial charge in [0, 0.05) is 25.0 Å². The van der Waals surface area contributed by atoms with E-state index in [1.165, 1.54) is 11.1 Å². The minimum Gasteiger partial charge on any atom is -0.308 e. The Morgan fingerprint density at radius 2 is 1.79 bits per heavy atom. The van der Waals surface area contributed by atoms with Crippen molar-refractivity contribution in [1.29, 1.82) is 0 Å². The van der Waals surface area contributed by atoms with Gasteiger partial charge in [-0.25, -0.2) is 0 Å². The fraction of sp³-hybridized carbons (Fsp3) is 0.438. The lowest BCUT2D eigenvalue weighted by molar-refractivity contribution is 0.507. The van der Waals surface area contributed by atoms with Gasteiger partial charge in [-0.05, 0) is 30.0 Å². The van der Waals surface area contributed by atoms with Crippen molar-refractivity contribution in [3.63, 3.8) is 0 Å². The molecule has 0 saturated heterocycles. The largest absolute Gasteiger partial charge is 0.308 e. The molecule has 0 bridgehead atoms. The summed E-state index contributed by atoms with van der Waals surface area (Å²) >= 11 is 0. The molecule has 1 aromatic carbocycles. The molecule has 0 fully saturated rings. The van der Waals surface area contributed by atoms with Crippen LogP contribution in [0.1, 0.15) is 43.9 Å². The predicted molar refractivity (Wildman–Crippen MR) is 79.2 cm³/mol. The molecule has 0 aliphatic heterocycles. The van der Waals surface area contributed by atoms with Gasteiger partial charge in [-0.3, -0.25) is 4.68 Å². The van der Waals surface area contributed by atoms with Crippen LogP contribution >= 0.6 is 0 Å². The Kier molecular flexibility index (Phi) is 4.74. The van der Waals surface area contributed by atoms with Crippen molar-refractivity contribution < 1.29 is 0 Å². The fourth-order valence-electron chi connectivity index (χ4n) is 2.12. The molecule has 0 aliphatic rings. The molecule has 0 amide bonds. The average molecular weight is 257 g/mol. The smallest absolute Gasteiger partial charge is 0.0534 e. The van der Waals surface area contributed by atoms with E-state index >= 15 is 0 Å². The maximum atomic E-state index is 4.19. The van der Waals surface area contributed by atoms with E-state index in [0.29, 0.717) is 12.0 Å². The molecule has 102 valence electrons. The van der Waals surface area contributed by atoms with Crippen LogP contribution in [0.2, 0.25) is 0 Å². The van der Waals surface area contributed by atoms with Crippen LogP contribution in [0.4, 0.5) is 0 Å². The fourth-order valence-corrected chi connectivity index (χ4v) is 2.12. The first-order valence-electron chi connectivity index (χ1n) is 6.97. The highest BCUT2D eigenvalue weighted by molar-refractivity contribution is 5.26. The van der Waals surface area contributed by atoms with Gasteiger partial charge in [0.25, 0.3) is 0 Å². The summed E-state index contributed by atoms with van der Waals surface area (Å²) in [4.78, 5) is 0. The Hall–Kier alpha value is -1.61. The van der Waals surface area contributed by atoms with E-state index in [0.717, 1.165) is 13.1 Å². The van der Waals surface area contributed by atoms with Crippen LogP contribution in [-0.2, 0) is 6.54 Å². The van der Waals surface area contributed by atoms with E-state index < -0.39 is 0 Å². The van der Waals surface area contributed by atoms with Gasteiger partial charge < -0.3 is 5.32 Å². The highest BCUT2D eigenvalue weighted by Gasteiger charge is 2.05. The van der Waals surface area contributed by atoms with E-state index in [2.05, 4.69) is 55.5 Å². The SMILES string of the molecule is CC(C)c1ccc(C(C)NCCn2cccn2)cc1. The summed E-state index contributed by atoms with van der Waals surface area (Å²) in [6.07, 6.45) is 3.80. The highest BCUT2D eigenvalue weighted by Crippen LogP contribution is 2.18. The first-order valence-corrected chi connectivity index (χ1v) is 6.97. The summed E-state index contributed by atoms with van der Waals surface area (Å²) in [5.74, 6) is 0.595. The van der Waals surface area contributed by atoms with Gasteiger partial charge in [-0.1, -0.05) is 38.1 Å². The van der Waals surface area contributed by atoms with Crippen molar-refractivity contribution in [3.8, 4) is 0 Å². The lowest BCUT2D eigenvalue weighted by atomic mass is 10.00. The minimum atomic E-state index is 0.372. The van der Waals surface area contributed by atoms with Gasteiger partial charge in [0.1, 0.15) is 0 Å². The highest BCUT2D eigenvalue weighted by atomic mass is 15.3. The summed E-state index contributed by atoms with van der Waals surface area (Å²) in [5.41, 5.74) is 2.73. The second-order valence-electron chi connectivity index (χ2n) is 5.27. The van der Waals surface area contributed by atoms with Crippen LogP contribution in [0.25, 0.3) is 0 Å². The number of nitrogens with one attached hydrogen (secondary N) is 1. The Labute approximate surface area is 115 Å². The van der Waals surface area contributed by atoms with Gasteiger partial charge in [0.05, 0.1) is 6.54 Å². The van der Waals surface area contributed by atoms with Crippen molar-refractivity contribution in [3.05, 3.63) is 53.9 Å². The molecule has 1 aromatic heterocycles. The van der Waals surface area contributed by atoms with E-state index in [1.807, 2.05) is 23.1 Å². The number of hydrogen-bond donors (Lipinski definition) is 1. The van der Waals surface area contributed by atoms with Crippen molar-refractivity contribution in [2.45, 2.75) is 39.3 Å². The molecule has 0 radical (unpaired) electrons. The molecule has 1 heterocycles. The molecular formula is C16H23N3. The lowest BCUT2D eigenvalue weighted by Crippen LogP contribution is -2.23. The van der Waals surface area contributed by atoms with Crippen LogP contribution in [0.5, 0.6) is 0 Å². The molecule has 1 atom stereocenters. The van der Waals surface area contributed by atoms with Gasteiger partial charge in [0.15, 0.2) is 0 Å². The van der Waals surface area contributed by atoms with Crippen molar-refractivity contribution in [2.24, 2.45) is 0 Å². The molecule has 2 rings (SSSR count). The van der Waals surface area contributed by atoms with Crippen LogP contribution in [0, 0.1) is 0 Å². The first-order chi connectivity index (χ1) is 9.16. The van der Waals surface area contributed by atoms with E-state index in [9.17, 15) is 0 Å². The van der Waals surface area contributed by atoms with E-state index in [1.54, 1.807) is 0 Å². The second kappa shape index (κ2) is 6.53. The molecule has 3 nitrogen and oxygen atoms in total. The third-order valence-electron chi connectivity index (χ3n) is 3.45. The van der Waals surface area contributed by atoms with E-state index in [4.69, 9.17) is 0 Å². The normalized spacial score (nSPS) is 12.8. The van der Waals surface area contributed by atoms with Crippen molar-refractivity contribution in [2.75, 3.05) is 6.54 Å². The zero-order valence-corrected chi connectivity index (χ0v) is 12.0. The Morgan fingerprint density at radius 1 is 1.11 bits per heavy atom. The molecule has 1 unspecified atom stereocenters. The number of aromatic nitrogens is 2. The molecule has 2 aromatic rings. The van der Waals surface area contributed by atoms with Gasteiger partial charge in [-0.2, -0.15) is 5.10 Å². The van der Waals surface area contributed by atoms with Crippen LogP contribution in [0.3, 0.4) is 0 Å². The van der Waals surface area contributed by atoms with Gasteiger partial charge >= 0.3 is 0 Å². The predicted octanol–water partition coefficient (Wildman–Crippen LogP) is 3.36. The van der Waals surface area contributed by atoms with Crippen LogP contribution in [0.15, 0.2) is 42.7 Å². The third kappa shape index (κ3) is 3.93. The summed E-state index contributed by atoms with van der Waals surface area (Å²) in [7, 11) is 0. The summed E-state index contributed by atoms with van der Waals surface area (Å²) in [6.45, 7) is 8.48. The molecule has 3 heteroatoms. The standard InChI is InChI=1S/C16H23N3/c1-13(2)15-5-7-16(8-6-15)14(3)17-10-12-19-11-4-9-18-19/h4-9,11,13-14,17H,10,12H2,1-3H3. The molecule has 0 spiro atoms. The monoisotopic (exact) mass is 257 g/mol. The van der Waals surface area contributed by atoms with Crippen molar-refractivity contribution >= 4 is 0 Å². The summed E-state index contributed by atoms with van der Waals surface area (Å²) in [5, 5.41) is 7.72. The molecule has 19 heavy (non-hydrogen) atoms. The Bertz CT molecular complexity index is 471.